The van der Waals surface area contributed by atoms with E-state index >= 15 is 0 Å². The Hall–Kier alpha value is -0.100. The third-order valence-electron chi connectivity index (χ3n) is 3.59. The molecular weight excluding hydrogens is 440 g/mol. The normalized spacial score (nSPS) is 10.6. The molecule has 0 rings (SSSR count). The summed E-state index contributed by atoms with van der Waals surface area (Å²) in [5.74, 6) is -0.170. The van der Waals surface area contributed by atoms with Gasteiger partial charge >= 0.3 is 11.9 Å². The van der Waals surface area contributed by atoms with Crippen LogP contribution in [-0.2, 0) is 19.1 Å². The summed E-state index contributed by atoms with van der Waals surface area (Å²) in [6.07, 6.45) is 11.0. The maximum absolute atomic E-state index is 11.4. The average Bonchev–Trinajstić information content (AvgIpc) is 2.58. The highest BCUT2D eigenvalue weighted by atomic mass is 79.9. The summed E-state index contributed by atoms with van der Waals surface area (Å²) in [5, 5.41) is 1.99. The summed E-state index contributed by atoms with van der Waals surface area (Å²) in [5.41, 5.74) is 0. The molecule has 24 heavy (non-hydrogen) atoms. The van der Waals surface area contributed by atoms with E-state index in [1.54, 1.807) is 0 Å². The fourth-order valence-corrected chi connectivity index (χ4v) is 2.95. The zero-order chi connectivity index (χ0) is 17.9. The maximum atomic E-state index is 11.4. The summed E-state index contributed by atoms with van der Waals surface area (Å²) in [6.45, 7) is 1.01. The molecule has 0 aliphatic carbocycles. The van der Waals surface area contributed by atoms with Crippen LogP contribution in [0.3, 0.4) is 0 Å². The predicted octanol–water partition coefficient (Wildman–Crippen LogP) is 5.54. The molecule has 0 atom stereocenters. The van der Waals surface area contributed by atoms with Crippen molar-refractivity contribution in [1.29, 1.82) is 0 Å². The number of alkyl halides is 2. The van der Waals surface area contributed by atoms with Gasteiger partial charge in [0.15, 0.2) is 0 Å². The number of hydrogen-bond acceptors (Lipinski definition) is 4. The van der Waals surface area contributed by atoms with Crippen molar-refractivity contribution in [2.75, 3.05) is 23.9 Å². The minimum absolute atomic E-state index is 0.0848. The largest absolute Gasteiger partial charge is 0.466 e. The second kappa shape index (κ2) is 19.2. The predicted molar refractivity (Wildman–Crippen MR) is 105 cm³/mol. The number of halogens is 2. The minimum Gasteiger partial charge on any atom is -0.466 e. The molecule has 0 saturated carbocycles. The highest BCUT2D eigenvalue weighted by molar-refractivity contribution is 9.09. The van der Waals surface area contributed by atoms with Crippen LogP contribution in [0.15, 0.2) is 0 Å². The van der Waals surface area contributed by atoms with Gasteiger partial charge in [0.05, 0.1) is 13.2 Å². The van der Waals surface area contributed by atoms with E-state index in [2.05, 4.69) is 31.9 Å². The van der Waals surface area contributed by atoms with Gasteiger partial charge in [-0.1, -0.05) is 44.7 Å². The molecule has 0 amide bonds. The zero-order valence-electron chi connectivity index (χ0n) is 14.7. The monoisotopic (exact) mass is 470 g/mol. The van der Waals surface area contributed by atoms with Crippen LogP contribution in [0.1, 0.15) is 77.0 Å². The van der Waals surface area contributed by atoms with Crippen LogP contribution < -0.4 is 0 Å². The molecule has 0 unspecified atom stereocenters. The number of carbonyl (C=O) groups excluding carboxylic acids is 2. The zero-order valence-corrected chi connectivity index (χ0v) is 17.9. The van der Waals surface area contributed by atoms with Gasteiger partial charge in [-0.05, 0) is 51.4 Å². The Bertz CT molecular complexity index is 281. The van der Waals surface area contributed by atoms with E-state index in [1.807, 2.05) is 0 Å². The Morgan fingerprint density at radius 1 is 0.542 bits per heavy atom. The summed E-state index contributed by atoms with van der Waals surface area (Å²) >= 11 is 6.75. The first-order chi connectivity index (χ1) is 11.7. The van der Waals surface area contributed by atoms with E-state index in [9.17, 15) is 9.59 Å². The number of unbranched alkanes of at least 4 members (excludes halogenated alkanes) is 7. The molecule has 0 aliphatic rings. The van der Waals surface area contributed by atoms with Crippen molar-refractivity contribution >= 4 is 43.8 Å². The molecular formula is C18H32Br2O4. The first-order valence-corrected chi connectivity index (χ1v) is 11.4. The Morgan fingerprint density at radius 2 is 0.917 bits per heavy atom. The van der Waals surface area contributed by atoms with Gasteiger partial charge in [-0.3, -0.25) is 9.59 Å². The molecule has 6 heteroatoms. The number of rotatable bonds is 17. The summed E-state index contributed by atoms with van der Waals surface area (Å²) in [6, 6.07) is 0. The van der Waals surface area contributed by atoms with Crippen LogP contribution in [0.2, 0.25) is 0 Å². The standard InChI is InChI=1S/C18H32Br2O4/c19-13-7-3-5-11-17(21)23-15-9-1-2-10-16-24-18(22)12-6-4-8-14-20/h1-16H2. The van der Waals surface area contributed by atoms with Crippen molar-refractivity contribution in [2.24, 2.45) is 0 Å². The smallest absolute Gasteiger partial charge is 0.305 e. The molecule has 0 fully saturated rings. The molecule has 0 aliphatic heterocycles. The second-order valence-electron chi connectivity index (χ2n) is 5.85. The van der Waals surface area contributed by atoms with Crippen LogP contribution in [0.25, 0.3) is 0 Å². The molecule has 0 aromatic heterocycles. The van der Waals surface area contributed by atoms with Crippen molar-refractivity contribution in [3.63, 3.8) is 0 Å². The van der Waals surface area contributed by atoms with E-state index in [0.29, 0.717) is 26.1 Å². The Morgan fingerprint density at radius 3 is 1.29 bits per heavy atom. The quantitative estimate of drug-likeness (QED) is 0.158. The van der Waals surface area contributed by atoms with Crippen LogP contribution >= 0.6 is 31.9 Å². The fourth-order valence-electron chi connectivity index (χ4n) is 2.16. The molecule has 0 radical (unpaired) electrons. The van der Waals surface area contributed by atoms with E-state index in [4.69, 9.17) is 9.47 Å². The molecule has 0 heterocycles. The van der Waals surface area contributed by atoms with Crippen LogP contribution in [0.4, 0.5) is 0 Å². The molecule has 0 aromatic carbocycles. The Kier molecular flexibility index (Phi) is 19.1. The van der Waals surface area contributed by atoms with Crippen molar-refractivity contribution < 1.29 is 19.1 Å². The molecule has 0 aromatic rings. The highest BCUT2D eigenvalue weighted by Crippen LogP contribution is 2.06. The number of carbonyl (C=O) groups is 2. The lowest BCUT2D eigenvalue weighted by Crippen LogP contribution is -2.07. The van der Waals surface area contributed by atoms with Gasteiger partial charge in [0, 0.05) is 23.5 Å². The van der Waals surface area contributed by atoms with Crippen LogP contribution in [-0.4, -0.2) is 35.8 Å². The van der Waals surface area contributed by atoms with Gasteiger partial charge in [0.25, 0.3) is 0 Å². The molecule has 0 saturated heterocycles. The third kappa shape index (κ3) is 18.2. The van der Waals surface area contributed by atoms with Gasteiger partial charge in [-0.25, -0.2) is 0 Å². The molecule has 0 N–H and O–H groups in total. The molecule has 4 nitrogen and oxygen atoms in total. The third-order valence-corrected chi connectivity index (χ3v) is 4.72. The first-order valence-electron chi connectivity index (χ1n) is 9.14. The van der Waals surface area contributed by atoms with E-state index in [1.165, 1.54) is 0 Å². The van der Waals surface area contributed by atoms with Crippen molar-refractivity contribution in [1.82, 2.24) is 0 Å². The Labute approximate surface area is 163 Å². The van der Waals surface area contributed by atoms with Crippen molar-refractivity contribution in [3.8, 4) is 0 Å². The van der Waals surface area contributed by atoms with E-state index in [0.717, 1.165) is 74.9 Å². The van der Waals surface area contributed by atoms with E-state index in [-0.39, 0.29) is 11.9 Å². The van der Waals surface area contributed by atoms with Crippen LogP contribution in [0, 0.1) is 0 Å². The minimum atomic E-state index is -0.0848. The Balaban J connectivity index is 3.24. The first kappa shape index (κ1) is 23.9. The van der Waals surface area contributed by atoms with Crippen LogP contribution in [0.5, 0.6) is 0 Å². The van der Waals surface area contributed by atoms with Gasteiger partial charge < -0.3 is 9.47 Å². The fraction of sp³-hybridized carbons (Fsp3) is 0.889. The maximum Gasteiger partial charge on any atom is 0.305 e. The lowest BCUT2D eigenvalue weighted by Gasteiger charge is -2.06. The highest BCUT2D eigenvalue weighted by Gasteiger charge is 2.03. The van der Waals surface area contributed by atoms with Gasteiger partial charge in [0.1, 0.15) is 0 Å². The second-order valence-corrected chi connectivity index (χ2v) is 7.44. The van der Waals surface area contributed by atoms with Crippen molar-refractivity contribution in [2.45, 2.75) is 77.0 Å². The number of esters is 2. The number of hydrogen-bond donors (Lipinski definition) is 0. The van der Waals surface area contributed by atoms with E-state index < -0.39 is 0 Å². The lowest BCUT2D eigenvalue weighted by molar-refractivity contribution is -0.145. The average molecular weight is 472 g/mol. The summed E-state index contributed by atoms with van der Waals surface area (Å²) < 4.78 is 10.4. The van der Waals surface area contributed by atoms with Gasteiger partial charge in [-0.2, -0.15) is 0 Å². The topological polar surface area (TPSA) is 52.6 Å². The van der Waals surface area contributed by atoms with Gasteiger partial charge in [-0.15, -0.1) is 0 Å². The van der Waals surface area contributed by atoms with Crippen molar-refractivity contribution in [3.05, 3.63) is 0 Å². The molecule has 142 valence electrons. The molecule has 0 bridgehead atoms. The lowest BCUT2D eigenvalue weighted by atomic mass is 10.2. The molecule has 0 spiro atoms. The summed E-state index contributed by atoms with van der Waals surface area (Å²) in [7, 11) is 0. The van der Waals surface area contributed by atoms with Gasteiger partial charge in [0.2, 0.25) is 0 Å². The SMILES string of the molecule is O=C(CCCCCBr)OCCCCCCOC(=O)CCCCCBr. The number of ether oxygens (including phenoxy) is 2. The summed E-state index contributed by atoms with van der Waals surface area (Å²) in [4.78, 5) is 22.9.